The predicted molar refractivity (Wildman–Crippen MR) is 97.2 cm³/mol. The number of H-pyrrole nitrogens is 1. The number of hydrogen-bond donors (Lipinski definition) is 3. The number of amides is 2. The molecule has 2 aromatic carbocycles. The van der Waals surface area contributed by atoms with Gasteiger partial charge < -0.3 is 10.6 Å². The minimum atomic E-state index is -0.288. The summed E-state index contributed by atoms with van der Waals surface area (Å²) in [6.07, 6.45) is 1.66. The lowest BCUT2D eigenvalue weighted by molar-refractivity contribution is 0.0928. The van der Waals surface area contributed by atoms with Crippen molar-refractivity contribution in [3.05, 3.63) is 63.8 Å². The van der Waals surface area contributed by atoms with E-state index in [1.165, 1.54) is 6.07 Å². The van der Waals surface area contributed by atoms with Crippen molar-refractivity contribution >= 4 is 45.9 Å². The van der Waals surface area contributed by atoms with Crippen LogP contribution in [-0.4, -0.2) is 35.1 Å². The third kappa shape index (κ3) is 3.92. The summed E-state index contributed by atoms with van der Waals surface area (Å²) in [6.45, 7) is 0.570. The fourth-order valence-corrected chi connectivity index (χ4v) is 2.64. The van der Waals surface area contributed by atoms with Gasteiger partial charge in [-0.05, 0) is 24.3 Å². The van der Waals surface area contributed by atoms with Gasteiger partial charge in [-0.1, -0.05) is 35.3 Å². The van der Waals surface area contributed by atoms with Crippen LogP contribution in [0.4, 0.5) is 0 Å². The maximum Gasteiger partial charge on any atom is 0.253 e. The van der Waals surface area contributed by atoms with E-state index in [9.17, 15) is 9.59 Å². The summed E-state index contributed by atoms with van der Waals surface area (Å²) in [4.78, 5) is 24.3. The molecule has 128 valence electrons. The van der Waals surface area contributed by atoms with Gasteiger partial charge in [0, 0.05) is 24.0 Å². The van der Waals surface area contributed by atoms with Gasteiger partial charge in [-0.15, -0.1) is 0 Å². The highest BCUT2D eigenvalue weighted by atomic mass is 35.5. The molecule has 3 N–H and O–H groups in total. The molecule has 0 spiro atoms. The summed E-state index contributed by atoms with van der Waals surface area (Å²) in [5.41, 5.74) is 1.59. The summed E-state index contributed by atoms with van der Waals surface area (Å²) < 4.78 is 0. The van der Waals surface area contributed by atoms with Crippen molar-refractivity contribution in [2.24, 2.45) is 0 Å². The highest BCUT2D eigenvalue weighted by Gasteiger charge is 2.11. The molecule has 25 heavy (non-hydrogen) atoms. The second-order valence-electron chi connectivity index (χ2n) is 5.28. The van der Waals surface area contributed by atoms with Crippen LogP contribution in [0.5, 0.6) is 0 Å². The van der Waals surface area contributed by atoms with Crippen LogP contribution in [0.1, 0.15) is 20.7 Å². The number of halogens is 2. The molecule has 8 heteroatoms. The van der Waals surface area contributed by atoms with Crippen LogP contribution in [-0.2, 0) is 0 Å². The van der Waals surface area contributed by atoms with Crippen LogP contribution in [0.2, 0.25) is 10.0 Å². The normalized spacial score (nSPS) is 10.6. The Balaban J connectivity index is 1.53. The molecule has 0 aliphatic rings. The van der Waals surface area contributed by atoms with Gasteiger partial charge in [-0.25, -0.2) is 0 Å². The lowest BCUT2D eigenvalue weighted by Gasteiger charge is -2.08. The Morgan fingerprint density at radius 1 is 1.00 bits per heavy atom. The Bertz CT molecular complexity index is 939. The molecule has 0 radical (unpaired) electrons. The molecule has 0 saturated carbocycles. The number of aromatic nitrogens is 2. The van der Waals surface area contributed by atoms with E-state index in [2.05, 4.69) is 20.8 Å². The zero-order valence-corrected chi connectivity index (χ0v) is 14.5. The number of para-hydroxylation sites is 1. The molecule has 0 atom stereocenters. The lowest BCUT2D eigenvalue weighted by atomic mass is 10.1. The number of fused-ring (bicyclic) bond motifs is 1. The topological polar surface area (TPSA) is 86.9 Å². The third-order valence-electron chi connectivity index (χ3n) is 3.60. The van der Waals surface area contributed by atoms with E-state index in [0.717, 1.165) is 5.39 Å². The van der Waals surface area contributed by atoms with E-state index in [0.29, 0.717) is 26.7 Å². The van der Waals surface area contributed by atoms with Gasteiger partial charge in [0.1, 0.15) is 0 Å². The van der Waals surface area contributed by atoms with Crippen molar-refractivity contribution in [3.8, 4) is 0 Å². The molecule has 0 aliphatic carbocycles. The second-order valence-corrected chi connectivity index (χ2v) is 6.09. The van der Waals surface area contributed by atoms with Crippen LogP contribution in [0.15, 0.2) is 42.6 Å². The highest BCUT2D eigenvalue weighted by molar-refractivity contribution is 6.42. The Labute approximate surface area is 153 Å². The Hall–Kier alpha value is -2.57. The van der Waals surface area contributed by atoms with Gasteiger partial charge in [0.2, 0.25) is 0 Å². The molecular weight excluding hydrogens is 363 g/mol. The Kier molecular flexibility index (Phi) is 5.21. The van der Waals surface area contributed by atoms with Crippen molar-refractivity contribution in [2.75, 3.05) is 13.1 Å². The number of carbonyl (C=O) groups excluding carboxylic acids is 2. The quantitative estimate of drug-likeness (QED) is 0.598. The van der Waals surface area contributed by atoms with E-state index >= 15 is 0 Å². The van der Waals surface area contributed by atoms with Gasteiger partial charge in [0.25, 0.3) is 11.8 Å². The van der Waals surface area contributed by atoms with Gasteiger partial charge in [-0.3, -0.25) is 14.7 Å². The SMILES string of the molecule is O=C(NCCNC(=O)c1cccc2cn[nH]c12)c1ccc(Cl)c(Cl)c1. The third-order valence-corrected chi connectivity index (χ3v) is 4.34. The number of nitrogens with one attached hydrogen (secondary N) is 3. The molecule has 0 unspecified atom stereocenters. The zero-order valence-electron chi connectivity index (χ0n) is 13.0. The Morgan fingerprint density at radius 3 is 2.52 bits per heavy atom. The first kappa shape index (κ1) is 17.3. The van der Waals surface area contributed by atoms with Gasteiger partial charge in [0.15, 0.2) is 0 Å². The first-order chi connectivity index (χ1) is 12.1. The minimum absolute atomic E-state index is 0.237. The molecule has 0 bridgehead atoms. The van der Waals surface area contributed by atoms with E-state index < -0.39 is 0 Å². The van der Waals surface area contributed by atoms with Crippen LogP contribution >= 0.6 is 23.2 Å². The first-order valence-corrected chi connectivity index (χ1v) is 8.25. The molecule has 3 aromatic rings. The standard InChI is InChI=1S/C17H14Cl2N4O2/c18-13-5-4-10(8-14(13)19)16(24)20-6-7-21-17(25)12-3-1-2-11-9-22-23-15(11)12/h1-5,8-9H,6-7H2,(H,20,24)(H,21,25)(H,22,23). The van der Waals surface area contributed by atoms with E-state index in [1.54, 1.807) is 30.5 Å². The fraction of sp³-hybridized carbons (Fsp3) is 0.118. The van der Waals surface area contributed by atoms with E-state index in [-0.39, 0.29) is 24.9 Å². The maximum atomic E-state index is 12.2. The summed E-state index contributed by atoms with van der Waals surface area (Å²) >= 11 is 11.7. The second kappa shape index (κ2) is 7.55. The van der Waals surface area contributed by atoms with Gasteiger partial charge in [-0.2, -0.15) is 5.10 Å². The number of nitrogens with zero attached hydrogens (tertiary/aromatic N) is 1. The van der Waals surface area contributed by atoms with Gasteiger partial charge >= 0.3 is 0 Å². The van der Waals surface area contributed by atoms with E-state index in [4.69, 9.17) is 23.2 Å². The lowest BCUT2D eigenvalue weighted by Crippen LogP contribution is -2.34. The molecule has 1 heterocycles. The molecular formula is C17H14Cl2N4O2. The molecule has 1 aromatic heterocycles. The summed E-state index contributed by atoms with van der Waals surface area (Å²) in [5.74, 6) is -0.526. The monoisotopic (exact) mass is 376 g/mol. The molecule has 6 nitrogen and oxygen atoms in total. The van der Waals surface area contributed by atoms with Crippen molar-refractivity contribution < 1.29 is 9.59 Å². The van der Waals surface area contributed by atoms with Crippen molar-refractivity contribution in [2.45, 2.75) is 0 Å². The minimum Gasteiger partial charge on any atom is -0.350 e. The number of hydrogen-bond acceptors (Lipinski definition) is 3. The van der Waals surface area contributed by atoms with Crippen LogP contribution < -0.4 is 10.6 Å². The molecule has 3 rings (SSSR count). The molecule has 0 aliphatic heterocycles. The number of benzene rings is 2. The molecule has 0 fully saturated rings. The summed E-state index contributed by atoms with van der Waals surface area (Å²) in [6, 6.07) is 10.0. The molecule has 0 saturated heterocycles. The maximum absolute atomic E-state index is 12.2. The zero-order chi connectivity index (χ0) is 17.8. The first-order valence-electron chi connectivity index (χ1n) is 7.50. The number of aromatic amines is 1. The largest absolute Gasteiger partial charge is 0.350 e. The summed E-state index contributed by atoms with van der Waals surface area (Å²) in [5, 5.41) is 13.8. The predicted octanol–water partition coefficient (Wildman–Crippen LogP) is 3.03. The van der Waals surface area contributed by atoms with Gasteiger partial charge in [0.05, 0.1) is 27.3 Å². The van der Waals surface area contributed by atoms with Crippen LogP contribution in [0.25, 0.3) is 10.9 Å². The highest BCUT2D eigenvalue weighted by Crippen LogP contribution is 2.22. The van der Waals surface area contributed by atoms with Crippen molar-refractivity contribution in [3.63, 3.8) is 0 Å². The Morgan fingerprint density at radius 2 is 1.76 bits per heavy atom. The molecule has 2 amide bonds. The summed E-state index contributed by atoms with van der Waals surface area (Å²) in [7, 11) is 0. The van der Waals surface area contributed by atoms with Crippen molar-refractivity contribution in [1.82, 2.24) is 20.8 Å². The smallest absolute Gasteiger partial charge is 0.253 e. The average molecular weight is 377 g/mol. The average Bonchev–Trinajstić information content (AvgIpc) is 3.09. The van der Waals surface area contributed by atoms with Crippen molar-refractivity contribution in [1.29, 1.82) is 0 Å². The van der Waals surface area contributed by atoms with E-state index in [1.807, 2.05) is 6.07 Å². The van der Waals surface area contributed by atoms with Crippen LogP contribution in [0.3, 0.4) is 0 Å². The number of carbonyl (C=O) groups is 2. The fourth-order valence-electron chi connectivity index (χ4n) is 2.34. The van der Waals surface area contributed by atoms with Crippen LogP contribution in [0, 0.1) is 0 Å². The number of rotatable bonds is 5.